The zero-order valence-electron chi connectivity index (χ0n) is 11.3. The van der Waals surface area contributed by atoms with Crippen LogP contribution in [0.5, 0.6) is 0 Å². The van der Waals surface area contributed by atoms with Crippen LogP contribution in [0.1, 0.15) is 12.5 Å². The van der Waals surface area contributed by atoms with Crippen LogP contribution in [0.2, 0.25) is 0 Å². The first kappa shape index (κ1) is 15.5. The molecule has 0 spiro atoms. The fourth-order valence-electron chi connectivity index (χ4n) is 1.50. The number of aliphatic hydroxyl groups excluding tert-OH is 1. The number of benzene rings is 1. The van der Waals surface area contributed by atoms with Crippen molar-refractivity contribution < 1.29 is 14.6 Å². The molecule has 104 valence electrons. The first-order valence-corrected chi connectivity index (χ1v) is 6.40. The number of nitrogens with one attached hydrogen (secondary N) is 1. The lowest BCUT2D eigenvalue weighted by Crippen LogP contribution is -2.25. The summed E-state index contributed by atoms with van der Waals surface area (Å²) in [6.07, 6.45) is 4.76. The molecule has 1 unspecified atom stereocenters. The van der Waals surface area contributed by atoms with Crippen molar-refractivity contribution in [1.29, 1.82) is 0 Å². The third kappa shape index (κ3) is 6.82. The van der Waals surface area contributed by atoms with E-state index < -0.39 is 6.10 Å². The first-order chi connectivity index (χ1) is 9.26. The smallest absolute Gasteiger partial charge is 0.0945 e. The molecule has 0 radical (unpaired) electrons. The van der Waals surface area contributed by atoms with E-state index in [2.05, 4.69) is 11.2 Å². The van der Waals surface area contributed by atoms with Gasteiger partial charge in [0.15, 0.2) is 0 Å². The second kappa shape index (κ2) is 9.40. The van der Waals surface area contributed by atoms with Crippen LogP contribution in [0.15, 0.2) is 24.3 Å². The van der Waals surface area contributed by atoms with E-state index in [-0.39, 0.29) is 6.61 Å². The highest BCUT2D eigenvalue weighted by Crippen LogP contribution is 2.09. The van der Waals surface area contributed by atoms with Gasteiger partial charge in [0.2, 0.25) is 0 Å². The minimum Gasteiger partial charge on any atom is -0.389 e. The second-order valence-corrected chi connectivity index (χ2v) is 4.03. The van der Waals surface area contributed by atoms with Crippen molar-refractivity contribution in [3.63, 3.8) is 0 Å². The summed E-state index contributed by atoms with van der Waals surface area (Å²) in [5.41, 5.74) is 1.70. The van der Waals surface area contributed by atoms with Crippen LogP contribution < -0.4 is 5.32 Å². The van der Waals surface area contributed by atoms with Crippen molar-refractivity contribution in [2.24, 2.45) is 0 Å². The Hall–Kier alpha value is -1.54. The Morgan fingerprint density at radius 1 is 1.37 bits per heavy atom. The average Bonchev–Trinajstić information content (AvgIpc) is 2.45. The summed E-state index contributed by atoms with van der Waals surface area (Å²) < 4.78 is 10.4. The molecule has 4 heteroatoms. The lowest BCUT2D eigenvalue weighted by Gasteiger charge is -2.13. The Labute approximate surface area is 114 Å². The maximum Gasteiger partial charge on any atom is 0.0945 e. The molecule has 0 aromatic heterocycles. The van der Waals surface area contributed by atoms with Gasteiger partial charge in [-0.25, -0.2) is 0 Å². The molecule has 0 amide bonds. The van der Waals surface area contributed by atoms with Gasteiger partial charge in [-0.1, -0.05) is 12.0 Å². The Bertz CT molecular complexity index is 401. The molecule has 1 aromatic rings. The van der Waals surface area contributed by atoms with Crippen molar-refractivity contribution in [3.05, 3.63) is 29.8 Å². The SMILES string of the molecule is C#Cc1cccc(NCC(O)COCCOCC)c1. The summed E-state index contributed by atoms with van der Waals surface area (Å²) >= 11 is 0. The van der Waals surface area contributed by atoms with Gasteiger partial charge in [-0.05, 0) is 25.1 Å². The van der Waals surface area contributed by atoms with Crippen LogP contribution >= 0.6 is 0 Å². The van der Waals surface area contributed by atoms with Crippen LogP contribution in [0, 0.1) is 12.3 Å². The quantitative estimate of drug-likeness (QED) is 0.523. The van der Waals surface area contributed by atoms with Crippen molar-refractivity contribution in [2.45, 2.75) is 13.0 Å². The van der Waals surface area contributed by atoms with Gasteiger partial charge in [0.25, 0.3) is 0 Å². The minimum absolute atomic E-state index is 0.287. The number of ether oxygens (including phenoxy) is 2. The summed E-state index contributed by atoms with van der Waals surface area (Å²) in [6.45, 7) is 4.37. The standard InChI is InChI=1S/C15H21NO3/c1-3-13-6-5-7-14(10-13)16-11-15(17)12-19-9-8-18-4-2/h1,5-7,10,15-17H,4,8-9,11-12H2,2H3. The molecule has 0 aliphatic carbocycles. The largest absolute Gasteiger partial charge is 0.389 e. The third-order valence-electron chi connectivity index (χ3n) is 2.46. The number of rotatable bonds is 9. The second-order valence-electron chi connectivity index (χ2n) is 4.03. The van der Waals surface area contributed by atoms with Crippen molar-refractivity contribution in [2.75, 3.05) is 38.3 Å². The monoisotopic (exact) mass is 263 g/mol. The number of aliphatic hydroxyl groups is 1. The Kier molecular flexibility index (Phi) is 7.68. The molecular weight excluding hydrogens is 242 g/mol. The van der Waals surface area contributed by atoms with Gasteiger partial charge in [0, 0.05) is 24.4 Å². The number of anilines is 1. The van der Waals surface area contributed by atoms with Gasteiger partial charge in [0.1, 0.15) is 0 Å². The molecular formula is C15H21NO3. The van der Waals surface area contributed by atoms with E-state index in [4.69, 9.17) is 15.9 Å². The number of terminal acetylenes is 1. The third-order valence-corrected chi connectivity index (χ3v) is 2.46. The molecule has 0 saturated heterocycles. The molecule has 19 heavy (non-hydrogen) atoms. The zero-order valence-corrected chi connectivity index (χ0v) is 11.3. The molecule has 1 atom stereocenters. The molecule has 1 rings (SSSR count). The Morgan fingerprint density at radius 3 is 2.89 bits per heavy atom. The zero-order chi connectivity index (χ0) is 13.9. The predicted molar refractivity (Wildman–Crippen MR) is 76.2 cm³/mol. The molecule has 0 saturated carbocycles. The van der Waals surface area contributed by atoms with Crippen molar-refractivity contribution in [1.82, 2.24) is 0 Å². The van der Waals surface area contributed by atoms with Crippen LogP contribution in [-0.4, -0.2) is 44.2 Å². The molecule has 0 heterocycles. The van der Waals surface area contributed by atoms with Gasteiger partial charge < -0.3 is 19.9 Å². The molecule has 2 N–H and O–H groups in total. The van der Waals surface area contributed by atoms with Crippen LogP contribution in [0.4, 0.5) is 5.69 Å². The van der Waals surface area contributed by atoms with E-state index >= 15 is 0 Å². The normalized spacial score (nSPS) is 11.8. The van der Waals surface area contributed by atoms with E-state index in [9.17, 15) is 5.11 Å². The van der Waals surface area contributed by atoms with Crippen molar-refractivity contribution in [3.8, 4) is 12.3 Å². The molecule has 0 aliphatic rings. The summed E-state index contributed by atoms with van der Waals surface area (Å²) in [5, 5.41) is 12.8. The number of hydrogen-bond donors (Lipinski definition) is 2. The van der Waals surface area contributed by atoms with Gasteiger partial charge >= 0.3 is 0 Å². The highest BCUT2D eigenvalue weighted by molar-refractivity contribution is 5.49. The highest BCUT2D eigenvalue weighted by Gasteiger charge is 2.04. The van der Waals surface area contributed by atoms with E-state index in [1.54, 1.807) is 0 Å². The van der Waals surface area contributed by atoms with Crippen LogP contribution in [0.3, 0.4) is 0 Å². The van der Waals surface area contributed by atoms with Gasteiger partial charge in [-0.15, -0.1) is 6.42 Å². The summed E-state index contributed by atoms with van der Waals surface area (Å²) in [5.74, 6) is 2.57. The van der Waals surface area contributed by atoms with Gasteiger partial charge in [0.05, 0.1) is 25.9 Å². The lowest BCUT2D eigenvalue weighted by atomic mass is 10.2. The van der Waals surface area contributed by atoms with E-state index in [1.807, 2.05) is 31.2 Å². The fraction of sp³-hybridized carbons (Fsp3) is 0.467. The Morgan fingerprint density at radius 2 is 2.16 bits per heavy atom. The summed E-state index contributed by atoms with van der Waals surface area (Å²) in [6, 6.07) is 7.51. The lowest BCUT2D eigenvalue weighted by molar-refractivity contribution is 0.0103. The Balaban J connectivity index is 2.18. The number of hydrogen-bond acceptors (Lipinski definition) is 4. The maximum absolute atomic E-state index is 9.72. The predicted octanol–water partition coefficient (Wildman–Crippen LogP) is 1.49. The van der Waals surface area contributed by atoms with Crippen LogP contribution in [0.25, 0.3) is 0 Å². The summed E-state index contributed by atoms with van der Waals surface area (Å²) in [4.78, 5) is 0. The fourth-order valence-corrected chi connectivity index (χ4v) is 1.50. The summed E-state index contributed by atoms with van der Waals surface area (Å²) in [7, 11) is 0. The van der Waals surface area contributed by atoms with Gasteiger partial charge in [-0.3, -0.25) is 0 Å². The highest BCUT2D eigenvalue weighted by atomic mass is 16.5. The van der Waals surface area contributed by atoms with E-state index in [0.717, 1.165) is 11.3 Å². The van der Waals surface area contributed by atoms with Crippen LogP contribution in [-0.2, 0) is 9.47 Å². The molecule has 4 nitrogen and oxygen atoms in total. The maximum atomic E-state index is 9.72. The minimum atomic E-state index is -0.559. The molecule has 0 aliphatic heterocycles. The van der Waals surface area contributed by atoms with E-state index in [0.29, 0.717) is 26.4 Å². The topological polar surface area (TPSA) is 50.7 Å². The van der Waals surface area contributed by atoms with E-state index in [1.165, 1.54) is 0 Å². The molecule has 1 aromatic carbocycles. The van der Waals surface area contributed by atoms with Gasteiger partial charge in [-0.2, -0.15) is 0 Å². The average molecular weight is 263 g/mol. The molecule has 0 fully saturated rings. The first-order valence-electron chi connectivity index (χ1n) is 6.40. The molecule has 0 bridgehead atoms. The van der Waals surface area contributed by atoms with Crippen molar-refractivity contribution >= 4 is 5.69 Å².